The summed E-state index contributed by atoms with van der Waals surface area (Å²) in [6, 6.07) is 2.01. The van der Waals surface area contributed by atoms with Gasteiger partial charge in [-0.05, 0) is 52.6 Å². The Kier molecular flexibility index (Phi) is 3.63. The van der Waals surface area contributed by atoms with Crippen molar-refractivity contribution in [1.29, 1.82) is 0 Å². The molecule has 0 spiro atoms. The molecule has 4 nitrogen and oxygen atoms in total. The quantitative estimate of drug-likeness (QED) is 0.901. The molecule has 106 valence electrons. The van der Waals surface area contributed by atoms with Crippen LogP contribution in [0.3, 0.4) is 0 Å². The number of hydrogen-bond donors (Lipinski definition) is 1. The van der Waals surface area contributed by atoms with Crippen molar-refractivity contribution in [3.8, 4) is 0 Å². The molecular weight excluding hydrogens is 236 g/mol. The maximum absolute atomic E-state index is 4.44. The number of hydrogen-bond acceptors (Lipinski definition) is 3. The molecule has 19 heavy (non-hydrogen) atoms. The second kappa shape index (κ2) is 5.25. The van der Waals surface area contributed by atoms with Crippen LogP contribution in [0, 0.1) is 6.92 Å². The highest BCUT2D eigenvalue weighted by atomic mass is 15.3. The number of nitrogens with one attached hydrogen (secondary N) is 1. The summed E-state index contributed by atoms with van der Waals surface area (Å²) >= 11 is 0. The first-order valence-corrected chi connectivity index (χ1v) is 7.63. The molecule has 0 bridgehead atoms. The van der Waals surface area contributed by atoms with E-state index in [9.17, 15) is 0 Å². The van der Waals surface area contributed by atoms with Gasteiger partial charge in [-0.1, -0.05) is 0 Å². The molecule has 1 aromatic rings. The third-order valence-corrected chi connectivity index (χ3v) is 4.60. The zero-order valence-corrected chi connectivity index (χ0v) is 12.4. The largest absolute Gasteiger partial charge is 0.307 e. The first-order valence-electron chi connectivity index (χ1n) is 7.63. The Balaban J connectivity index is 1.52. The van der Waals surface area contributed by atoms with E-state index in [1.54, 1.807) is 0 Å². The second-order valence-corrected chi connectivity index (χ2v) is 6.27. The highest BCUT2D eigenvalue weighted by molar-refractivity contribution is 5.19. The molecule has 4 heteroatoms. The third-order valence-electron chi connectivity index (χ3n) is 4.60. The maximum atomic E-state index is 4.44. The van der Waals surface area contributed by atoms with Gasteiger partial charge in [0.2, 0.25) is 0 Å². The van der Waals surface area contributed by atoms with E-state index in [1.807, 2.05) is 11.7 Å². The molecule has 1 saturated heterocycles. The van der Waals surface area contributed by atoms with Gasteiger partial charge in [0.25, 0.3) is 0 Å². The Hall–Kier alpha value is -0.870. The smallest absolute Gasteiger partial charge is 0.0641 e. The van der Waals surface area contributed by atoms with Gasteiger partial charge < -0.3 is 10.2 Å². The molecule has 0 aromatic carbocycles. The summed E-state index contributed by atoms with van der Waals surface area (Å²) in [6.45, 7) is 6.92. The van der Waals surface area contributed by atoms with E-state index in [4.69, 9.17) is 0 Å². The number of rotatable bonds is 4. The Labute approximate surface area is 116 Å². The Morgan fingerprint density at radius 3 is 2.47 bits per heavy atom. The minimum absolute atomic E-state index is 0.408. The van der Waals surface area contributed by atoms with E-state index >= 15 is 0 Å². The van der Waals surface area contributed by atoms with Crippen LogP contribution in [-0.2, 0) is 7.05 Å². The van der Waals surface area contributed by atoms with Crippen LogP contribution in [0.2, 0.25) is 0 Å². The van der Waals surface area contributed by atoms with Crippen LogP contribution in [0.1, 0.15) is 49.9 Å². The fourth-order valence-corrected chi connectivity index (χ4v) is 3.36. The molecule has 1 atom stereocenters. The fourth-order valence-electron chi connectivity index (χ4n) is 3.36. The number of nitrogens with zero attached hydrogens (tertiary/aromatic N) is 3. The molecule has 0 amide bonds. The lowest BCUT2D eigenvalue weighted by Gasteiger charge is -2.34. The first-order chi connectivity index (χ1) is 9.13. The SMILES string of the molecule is Cc1nn(C)cc1C(C)NC1CCN(C2CC2)CC1. The molecule has 1 N–H and O–H groups in total. The van der Waals surface area contributed by atoms with Gasteiger partial charge in [-0.15, -0.1) is 0 Å². The second-order valence-electron chi connectivity index (χ2n) is 6.27. The molecule has 1 aromatic heterocycles. The van der Waals surface area contributed by atoms with Crippen LogP contribution in [0.5, 0.6) is 0 Å². The molecule has 2 heterocycles. The number of aryl methyl sites for hydroxylation is 2. The molecule has 2 fully saturated rings. The third kappa shape index (κ3) is 3.00. The number of likely N-dealkylation sites (tertiary alicyclic amines) is 1. The van der Waals surface area contributed by atoms with E-state index < -0.39 is 0 Å². The standard InChI is InChI=1S/C15H26N4/c1-11(15-10-18(3)17-12(15)2)16-13-6-8-19(9-7-13)14-4-5-14/h10-11,13-14,16H,4-9H2,1-3H3. The van der Waals surface area contributed by atoms with Crippen molar-refractivity contribution >= 4 is 0 Å². The highest BCUT2D eigenvalue weighted by Gasteiger charge is 2.32. The Morgan fingerprint density at radius 1 is 1.26 bits per heavy atom. The lowest BCUT2D eigenvalue weighted by atomic mass is 10.0. The lowest BCUT2D eigenvalue weighted by Crippen LogP contribution is -2.44. The molecule has 3 rings (SSSR count). The van der Waals surface area contributed by atoms with Crippen molar-refractivity contribution in [2.75, 3.05) is 13.1 Å². The van der Waals surface area contributed by atoms with Crippen LogP contribution < -0.4 is 5.32 Å². The average Bonchev–Trinajstić information content (AvgIpc) is 3.16. The zero-order chi connectivity index (χ0) is 13.4. The van der Waals surface area contributed by atoms with E-state index in [-0.39, 0.29) is 0 Å². The molecule has 1 aliphatic heterocycles. The summed E-state index contributed by atoms with van der Waals surface area (Å²) in [4.78, 5) is 2.68. The van der Waals surface area contributed by atoms with Crippen LogP contribution in [0.15, 0.2) is 6.20 Å². The zero-order valence-electron chi connectivity index (χ0n) is 12.4. The summed E-state index contributed by atoms with van der Waals surface area (Å²) in [5.41, 5.74) is 2.49. The highest BCUT2D eigenvalue weighted by Crippen LogP contribution is 2.29. The van der Waals surface area contributed by atoms with Gasteiger partial charge >= 0.3 is 0 Å². The van der Waals surface area contributed by atoms with Crippen LogP contribution in [0.25, 0.3) is 0 Å². The van der Waals surface area contributed by atoms with Crippen LogP contribution in [-0.4, -0.2) is 39.9 Å². The first kappa shape index (κ1) is 13.1. The molecule has 1 aliphatic carbocycles. The van der Waals surface area contributed by atoms with Crippen molar-refractivity contribution in [3.05, 3.63) is 17.5 Å². The Morgan fingerprint density at radius 2 is 1.95 bits per heavy atom. The minimum Gasteiger partial charge on any atom is -0.307 e. The van der Waals surface area contributed by atoms with Crippen molar-refractivity contribution in [1.82, 2.24) is 20.0 Å². The summed E-state index contributed by atoms with van der Waals surface area (Å²) in [7, 11) is 2.00. The lowest BCUT2D eigenvalue weighted by molar-refractivity contribution is 0.184. The van der Waals surface area contributed by atoms with Gasteiger partial charge in [0.15, 0.2) is 0 Å². The van der Waals surface area contributed by atoms with E-state index in [1.165, 1.54) is 44.3 Å². The van der Waals surface area contributed by atoms with Crippen molar-refractivity contribution in [3.63, 3.8) is 0 Å². The summed E-state index contributed by atoms with van der Waals surface area (Å²) in [5, 5.41) is 8.23. The van der Waals surface area contributed by atoms with Gasteiger partial charge in [0, 0.05) is 36.9 Å². The summed E-state index contributed by atoms with van der Waals surface area (Å²) in [5.74, 6) is 0. The van der Waals surface area contributed by atoms with E-state index in [0.29, 0.717) is 12.1 Å². The number of aromatic nitrogens is 2. The predicted molar refractivity (Wildman–Crippen MR) is 77.1 cm³/mol. The van der Waals surface area contributed by atoms with E-state index in [0.717, 1.165) is 11.7 Å². The van der Waals surface area contributed by atoms with Gasteiger partial charge in [-0.25, -0.2) is 0 Å². The summed E-state index contributed by atoms with van der Waals surface area (Å²) < 4.78 is 1.92. The fraction of sp³-hybridized carbons (Fsp3) is 0.800. The number of piperidine rings is 1. The monoisotopic (exact) mass is 262 g/mol. The van der Waals surface area contributed by atoms with Gasteiger partial charge in [-0.3, -0.25) is 4.68 Å². The summed E-state index contributed by atoms with van der Waals surface area (Å²) in [6.07, 6.45) is 7.60. The Bertz CT molecular complexity index is 427. The van der Waals surface area contributed by atoms with Crippen LogP contribution >= 0.6 is 0 Å². The van der Waals surface area contributed by atoms with Crippen LogP contribution in [0.4, 0.5) is 0 Å². The molecular formula is C15H26N4. The molecule has 1 unspecified atom stereocenters. The predicted octanol–water partition coefficient (Wildman–Crippen LogP) is 2.01. The topological polar surface area (TPSA) is 33.1 Å². The average molecular weight is 262 g/mol. The molecule has 1 saturated carbocycles. The minimum atomic E-state index is 0.408. The van der Waals surface area contributed by atoms with Crippen molar-refractivity contribution in [2.45, 2.75) is 57.7 Å². The molecule has 0 radical (unpaired) electrons. The maximum Gasteiger partial charge on any atom is 0.0641 e. The van der Waals surface area contributed by atoms with Gasteiger partial charge in [0.05, 0.1) is 5.69 Å². The van der Waals surface area contributed by atoms with Crippen molar-refractivity contribution in [2.24, 2.45) is 7.05 Å². The van der Waals surface area contributed by atoms with E-state index in [2.05, 4.69) is 35.4 Å². The van der Waals surface area contributed by atoms with Crippen molar-refractivity contribution < 1.29 is 0 Å². The van der Waals surface area contributed by atoms with Gasteiger partial charge in [0.1, 0.15) is 0 Å². The molecule has 2 aliphatic rings. The normalized spacial score (nSPS) is 23.7. The van der Waals surface area contributed by atoms with Gasteiger partial charge in [-0.2, -0.15) is 5.10 Å².